The number of hydrazone groups is 1. The minimum Gasteiger partial charge on any atom is -0.493 e. The van der Waals surface area contributed by atoms with Crippen molar-refractivity contribution in [3.05, 3.63) is 87.5 Å². The SMILES string of the molecule is COc1cc(/C=N\NC(=O)c2cc(-c3ccccc3)nc3ccccc23)cc(I)c1OC(C)C. The van der Waals surface area contributed by atoms with Crippen LogP contribution in [-0.4, -0.2) is 30.3 Å². The molecule has 1 heterocycles. The fourth-order valence-electron chi connectivity index (χ4n) is 3.51. The fraction of sp³-hybridized carbons (Fsp3) is 0.148. The summed E-state index contributed by atoms with van der Waals surface area (Å²) in [7, 11) is 1.60. The van der Waals surface area contributed by atoms with Gasteiger partial charge in [0.2, 0.25) is 0 Å². The van der Waals surface area contributed by atoms with Gasteiger partial charge in [-0.1, -0.05) is 48.5 Å². The molecule has 7 heteroatoms. The van der Waals surface area contributed by atoms with Crippen LogP contribution in [0.5, 0.6) is 11.5 Å². The molecule has 0 saturated carbocycles. The lowest BCUT2D eigenvalue weighted by molar-refractivity contribution is 0.0956. The number of halogens is 1. The third kappa shape index (κ3) is 5.36. The summed E-state index contributed by atoms with van der Waals surface area (Å²) in [5, 5.41) is 4.95. The topological polar surface area (TPSA) is 72.8 Å². The van der Waals surface area contributed by atoms with Crippen LogP contribution in [0.4, 0.5) is 0 Å². The van der Waals surface area contributed by atoms with Gasteiger partial charge in [-0.25, -0.2) is 10.4 Å². The molecule has 1 N–H and O–H groups in total. The van der Waals surface area contributed by atoms with E-state index in [0.717, 1.165) is 31.3 Å². The van der Waals surface area contributed by atoms with Crippen LogP contribution < -0.4 is 14.9 Å². The molecule has 1 amide bonds. The molecule has 0 aliphatic heterocycles. The summed E-state index contributed by atoms with van der Waals surface area (Å²) >= 11 is 2.20. The molecule has 0 aliphatic rings. The number of hydrogen-bond acceptors (Lipinski definition) is 5. The third-order valence-corrected chi connectivity index (χ3v) is 5.82. The van der Waals surface area contributed by atoms with E-state index in [1.54, 1.807) is 19.4 Å². The first-order chi connectivity index (χ1) is 16.5. The Morgan fingerprint density at radius 2 is 1.79 bits per heavy atom. The van der Waals surface area contributed by atoms with Gasteiger partial charge in [0.15, 0.2) is 11.5 Å². The molecule has 0 atom stereocenters. The number of para-hydroxylation sites is 1. The molecule has 0 radical (unpaired) electrons. The molecule has 0 spiro atoms. The maximum Gasteiger partial charge on any atom is 0.272 e. The van der Waals surface area contributed by atoms with E-state index < -0.39 is 0 Å². The maximum atomic E-state index is 13.1. The van der Waals surface area contributed by atoms with Crippen LogP contribution in [0.1, 0.15) is 29.8 Å². The quantitative estimate of drug-likeness (QED) is 0.168. The summed E-state index contributed by atoms with van der Waals surface area (Å²) in [4.78, 5) is 17.8. The molecule has 34 heavy (non-hydrogen) atoms. The van der Waals surface area contributed by atoms with Crippen molar-refractivity contribution < 1.29 is 14.3 Å². The Morgan fingerprint density at radius 3 is 2.53 bits per heavy atom. The van der Waals surface area contributed by atoms with Gasteiger partial charge in [-0.05, 0) is 66.3 Å². The lowest BCUT2D eigenvalue weighted by Crippen LogP contribution is -2.18. The summed E-state index contributed by atoms with van der Waals surface area (Å²) in [6.45, 7) is 3.93. The lowest BCUT2D eigenvalue weighted by Gasteiger charge is -2.15. The zero-order valence-corrected chi connectivity index (χ0v) is 21.2. The number of methoxy groups -OCH3 is 1. The predicted molar refractivity (Wildman–Crippen MR) is 144 cm³/mol. The Bertz CT molecular complexity index is 1350. The zero-order valence-electron chi connectivity index (χ0n) is 19.1. The first-order valence-corrected chi connectivity index (χ1v) is 11.9. The molecule has 0 fully saturated rings. The van der Waals surface area contributed by atoms with Crippen molar-refractivity contribution in [3.63, 3.8) is 0 Å². The van der Waals surface area contributed by atoms with Crippen molar-refractivity contribution in [2.45, 2.75) is 20.0 Å². The van der Waals surface area contributed by atoms with Crippen molar-refractivity contribution in [3.8, 4) is 22.8 Å². The Labute approximate surface area is 212 Å². The molecule has 1 aromatic heterocycles. The highest BCUT2D eigenvalue weighted by Gasteiger charge is 2.15. The third-order valence-electron chi connectivity index (χ3n) is 5.02. The van der Waals surface area contributed by atoms with Gasteiger partial charge in [0.25, 0.3) is 5.91 Å². The van der Waals surface area contributed by atoms with Crippen LogP contribution in [0.15, 0.2) is 77.9 Å². The standard InChI is InChI=1S/C27H24IN3O3/c1-17(2)34-26-22(28)13-18(14-25(26)33-3)16-29-31-27(32)21-15-24(19-9-5-4-6-10-19)30-23-12-8-7-11-20(21)23/h4-17H,1-3H3,(H,31,32)/b29-16-. The number of rotatable bonds is 7. The predicted octanol–water partition coefficient (Wildman–Crippen LogP) is 6.07. The van der Waals surface area contributed by atoms with E-state index in [1.807, 2.05) is 80.6 Å². The van der Waals surface area contributed by atoms with E-state index >= 15 is 0 Å². The second kappa shape index (κ2) is 10.6. The monoisotopic (exact) mass is 565 g/mol. The number of carbonyl (C=O) groups excluding carboxylic acids is 1. The summed E-state index contributed by atoms with van der Waals surface area (Å²) in [5.74, 6) is 0.991. The first kappa shape index (κ1) is 23.7. The second-order valence-electron chi connectivity index (χ2n) is 7.84. The normalized spacial score (nSPS) is 11.2. The number of hydrogen-bond donors (Lipinski definition) is 1. The van der Waals surface area contributed by atoms with Crippen molar-refractivity contribution in [2.75, 3.05) is 7.11 Å². The smallest absolute Gasteiger partial charge is 0.272 e. The molecule has 6 nitrogen and oxygen atoms in total. The van der Waals surface area contributed by atoms with Crippen molar-refractivity contribution in [1.29, 1.82) is 0 Å². The lowest BCUT2D eigenvalue weighted by atomic mass is 10.0. The summed E-state index contributed by atoms with van der Waals surface area (Å²) < 4.78 is 12.2. The average molecular weight is 565 g/mol. The number of fused-ring (bicyclic) bond motifs is 1. The van der Waals surface area contributed by atoms with E-state index in [1.165, 1.54) is 0 Å². The number of benzene rings is 3. The van der Waals surface area contributed by atoms with Gasteiger partial charge >= 0.3 is 0 Å². The minimum absolute atomic E-state index is 0.0252. The Balaban J connectivity index is 1.61. The van der Waals surface area contributed by atoms with E-state index in [9.17, 15) is 4.79 Å². The van der Waals surface area contributed by atoms with E-state index in [-0.39, 0.29) is 12.0 Å². The molecule has 0 unspecified atom stereocenters. The minimum atomic E-state index is -0.312. The van der Waals surface area contributed by atoms with Gasteiger partial charge in [-0.3, -0.25) is 4.79 Å². The molecule has 0 saturated heterocycles. The molecule has 172 valence electrons. The largest absolute Gasteiger partial charge is 0.493 e. The van der Waals surface area contributed by atoms with Crippen molar-refractivity contribution >= 4 is 45.6 Å². The molecule has 3 aromatic carbocycles. The van der Waals surface area contributed by atoms with Crippen LogP contribution in [0.3, 0.4) is 0 Å². The van der Waals surface area contributed by atoms with Crippen LogP contribution in [0.2, 0.25) is 0 Å². The highest BCUT2D eigenvalue weighted by molar-refractivity contribution is 14.1. The Morgan fingerprint density at radius 1 is 1.06 bits per heavy atom. The van der Waals surface area contributed by atoms with Gasteiger partial charge in [-0.2, -0.15) is 5.10 Å². The Hall–Kier alpha value is -3.46. The van der Waals surface area contributed by atoms with Crippen LogP contribution in [0, 0.1) is 3.57 Å². The summed E-state index contributed by atoms with van der Waals surface area (Å²) in [6, 6.07) is 22.9. The van der Waals surface area contributed by atoms with Crippen LogP contribution in [-0.2, 0) is 0 Å². The first-order valence-electron chi connectivity index (χ1n) is 10.8. The average Bonchev–Trinajstić information content (AvgIpc) is 2.85. The Kier molecular flexibility index (Phi) is 7.42. The van der Waals surface area contributed by atoms with E-state index in [4.69, 9.17) is 14.5 Å². The van der Waals surface area contributed by atoms with Gasteiger partial charge in [-0.15, -0.1) is 0 Å². The van der Waals surface area contributed by atoms with Crippen LogP contribution >= 0.6 is 22.6 Å². The number of ether oxygens (including phenoxy) is 2. The molecular formula is C27H24IN3O3. The van der Waals surface area contributed by atoms with Crippen molar-refractivity contribution in [1.82, 2.24) is 10.4 Å². The van der Waals surface area contributed by atoms with E-state index in [2.05, 4.69) is 33.1 Å². The van der Waals surface area contributed by atoms with Gasteiger partial charge in [0.05, 0.1) is 39.8 Å². The number of nitrogens with zero attached hydrogens (tertiary/aromatic N) is 2. The second-order valence-corrected chi connectivity index (χ2v) is 9.00. The fourth-order valence-corrected chi connectivity index (χ4v) is 4.26. The number of nitrogens with one attached hydrogen (secondary N) is 1. The van der Waals surface area contributed by atoms with Crippen LogP contribution in [0.25, 0.3) is 22.2 Å². The maximum absolute atomic E-state index is 13.1. The van der Waals surface area contributed by atoms with Crippen molar-refractivity contribution in [2.24, 2.45) is 5.10 Å². The number of amides is 1. The molecular weight excluding hydrogens is 541 g/mol. The number of aromatic nitrogens is 1. The molecule has 4 rings (SSSR count). The van der Waals surface area contributed by atoms with Gasteiger partial charge < -0.3 is 9.47 Å². The molecule has 0 aliphatic carbocycles. The summed E-state index contributed by atoms with van der Waals surface area (Å²) in [5.41, 5.74) is 6.36. The number of carbonyl (C=O) groups is 1. The summed E-state index contributed by atoms with van der Waals surface area (Å²) in [6.07, 6.45) is 1.61. The van der Waals surface area contributed by atoms with E-state index in [0.29, 0.717) is 17.1 Å². The molecule has 4 aromatic rings. The highest BCUT2D eigenvalue weighted by atomic mass is 127. The highest BCUT2D eigenvalue weighted by Crippen LogP contribution is 2.34. The molecule has 0 bridgehead atoms. The number of pyridine rings is 1. The van der Waals surface area contributed by atoms with Gasteiger partial charge in [0.1, 0.15) is 0 Å². The zero-order chi connectivity index (χ0) is 24.1. The van der Waals surface area contributed by atoms with Gasteiger partial charge in [0, 0.05) is 10.9 Å².